The Morgan fingerprint density at radius 3 is 2.69 bits per heavy atom. The van der Waals surface area contributed by atoms with Gasteiger partial charge in [-0.05, 0) is 31.0 Å². The van der Waals surface area contributed by atoms with Gasteiger partial charge in [0.2, 0.25) is 0 Å². The van der Waals surface area contributed by atoms with Crippen molar-refractivity contribution in [1.29, 1.82) is 0 Å². The summed E-state index contributed by atoms with van der Waals surface area (Å²) in [6.07, 6.45) is 1.51. The SMILES string of the molecule is CC(C)c1ccccc1OC1CCN(C)C1. The molecule has 1 fully saturated rings. The molecule has 88 valence electrons. The summed E-state index contributed by atoms with van der Waals surface area (Å²) in [4.78, 5) is 2.32. The van der Waals surface area contributed by atoms with Crippen molar-refractivity contribution >= 4 is 0 Å². The number of rotatable bonds is 3. The largest absolute Gasteiger partial charge is 0.489 e. The molecule has 2 heteroatoms. The first-order chi connectivity index (χ1) is 7.66. The molecular weight excluding hydrogens is 198 g/mol. The molecule has 1 heterocycles. The number of para-hydroxylation sites is 1. The number of nitrogens with zero attached hydrogens (tertiary/aromatic N) is 1. The van der Waals surface area contributed by atoms with Gasteiger partial charge < -0.3 is 9.64 Å². The van der Waals surface area contributed by atoms with Crippen molar-refractivity contribution in [3.63, 3.8) is 0 Å². The maximum Gasteiger partial charge on any atom is 0.123 e. The maximum atomic E-state index is 6.10. The normalized spacial score (nSPS) is 21.6. The van der Waals surface area contributed by atoms with E-state index in [1.54, 1.807) is 0 Å². The molecule has 0 bridgehead atoms. The van der Waals surface area contributed by atoms with Crippen LogP contribution in [0.3, 0.4) is 0 Å². The molecule has 1 aliphatic rings. The van der Waals surface area contributed by atoms with Crippen LogP contribution >= 0.6 is 0 Å². The van der Waals surface area contributed by atoms with E-state index in [1.807, 2.05) is 0 Å². The fourth-order valence-corrected chi connectivity index (χ4v) is 2.24. The predicted octanol–water partition coefficient (Wildman–Crippen LogP) is 2.89. The second-order valence-corrected chi connectivity index (χ2v) is 4.98. The van der Waals surface area contributed by atoms with Crippen LogP contribution in [-0.2, 0) is 0 Å². The summed E-state index contributed by atoms with van der Waals surface area (Å²) in [7, 11) is 2.15. The lowest BCUT2D eigenvalue weighted by Gasteiger charge is -2.18. The summed E-state index contributed by atoms with van der Waals surface area (Å²) >= 11 is 0. The van der Waals surface area contributed by atoms with Gasteiger partial charge in [0.15, 0.2) is 0 Å². The van der Waals surface area contributed by atoms with Gasteiger partial charge in [-0.3, -0.25) is 0 Å². The first-order valence-electron chi connectivity index (χ1n) is 6.11. The molecule has 2 nitrogen and oxygen atoms in total. The van der Waals surface area contributed by atoms with Gasteiger partial charge in [0.05, 0.1) is 0 Å². The Kier molecular flexibility index (Phi) is 3.49. The zero-order valence-electron chi connectivity index (χ0n) is 10.4. The maximum absolute atomic E-state index is 6.10. The summed E-state index contributed by atoms with van der Waals surface area (Å²) < 4.78 is 6.10. The summed E-state index contributed by atoms with van der Waals surface area (Å²) in [5.41, 5.74) is 1.32. The number of benzene rings is 1. The van der Waals surface area contributed by atoms with Crippen molar-refractivity contribution in [1.82, 2.24) is 4.90 Å². The van der Waals surface area contributed by atoms with Crippen molar-refractivity contribution in [2.24, 2.45) is 0 Å². The lowest BCUT2D eigenvalue weighted by Crippen LogP contribution is -2.21. The molecule has 0 spiro atoms. The van der Waals surface area contributed by atoms with Crippen LogP contribution in [0.25, 0.3) is 0 Å². The van der Waals surface area contributed by atoms with Crippen molar-refractivity contribution in [2.45, 2.75) is 32.3 Å². The van der Waals surface area contributed by atoms with E-state index in [0.717, 1.165) is 25.3 Å². The van der Waals surface area contributed by atoms with Crippen LogP contribution in [0.5, 0.6) is 5.75 Å². The highest BCUT2D eigenvalue weighted by molar-refractivity contribution is 5.35. The van der Waals surface area contributed by atoms with Crippen LogP contribution in [0.1, 0.15) is 31.7 Å². The molecule has 1 atom stereocenters. The number of ether oxygens (including phenoxy) is 1. The smallest absolute Gasteiger partial charge is 0.123 e. The van der Waals surface area contributed by atoms with E-state index in [-0.39, 0.29) is 0 Å². The number of likely N-dealkylation sites (N-methyl/N-ethyl adjacent to an activating group) is 1. The van der Waals surface area contributed by atoms with Crippen LogP contribution in [0, 0.1) is 0 Å². The minimum Gasteiger partial charge on any atom is -0.489 e. The minimum atomic E-state index is 0.366. The van der Waals surface area contributed by atoms with Crippen molar-refractivity contribution in [3.05, 3.63) is 29.8 Å². The van der Waals surface area contributed by atoms with Gasteiger partial charge in [0, 0.05) is 13.1 Å². The zero-order chi connectivity index (χ0) is 11.5. The van der Waals surface area contributed by atoms with Gasteiger partial charge in [-0.1, -0.05) is 32.0 Å². The molecular formula is C14H21NO. The molecule has 1 saturated heterocycles. The van der Waals surface area contributed by atoms with E-state index < -0.39 is 0 Å². The lowest BCUT2D eigenvalue weighted by atomic mass is 10.0. The predicted molar refractivity (Wildman–Crippen MR) is 67.1 cm³/mol. The number of hydrogen-bond acceptors (Lipinski definition) is 2. The van der Waals surface area contributed by atoms with Crippen LogP contribution in [0.2, 0.25) is 0 Å². The van der Waals surface area contributed by atoms with E-state index in [2.05, 4.69) is 50.1 Å². The summed E-state index contributed by atoms with van der Waals surface area (Å²) in [5.74, 6) is 1.59. The summed E-state index contributed by atoms with van der Waals surface area (Å²) in [6.45, 7) is 6.62. The molecule has 0 radical (unpaired) electrons. The molecule has 1 aliphatic heterocycles. The third kappa shape index (κ3) is 2.56. The standard InChI is InChI=1S/C14H21NO/c1-11(2)13-6-4-5-7-14(13)16-12-8-9-15(3)10-12/h4-7,11-12H,8-10H2,1-3H3. The molecule has 0 aromatic heterocycles. The van der Waals surface area contributed by atoms with Crippen LogP contribution in [0.15, 0.2) is 24.3 Å². The fourth-order valence-electron chi connectivity index (χ4n) is 2.24. The minimum absolute atomic E-state index is 0.366. The third-order valence-electron chi connectivity index (χ3n) is 3.18. The van der Waals surface area contributed by atoms with Crippen LogP contribution < -0.4 is 4.74 Å². The van der Waals surface area contributed by atoms with E-state index in [9.17, 15) is 0 Å². The van der Waals surface area contributed by atoms with Gasteiger partial charge >= 0.3 is 0 Å². The molecule has 0 aliphatic carbocycles. The second kappa shape index (κ2) is 4.88. The topological polar surface area (TPSA) is 12.5 Å². The Balaban J connectivity index is 2.09. The molecule has 0 saturated carbocycles. The molecule has 1 unspecified atom stereocenters. The fraction of sp³-hybridized carbons (Fsp3) is 0.571. The molecule has 1 aromatic rings. The lowest BCUT2D eigenvalue weighted by molar-refractivity contribution is 0.205. The highest BCUT2D eigenvalue weighted by atomic mass is 16.5. The molecule has 1 aromatic carbocycles. The van der Waals surface area contributed by atoms with Crippen LogP contribution in [-0.4, -0.2) is 31.1 Å². The van der Waals surface area contributed by atoms with Gasteiger partial charge in [0.1, 0.15) is 11.9 Å². The Labute approximate surface area is 98.2 Å². The summed E-state index contributed by atoms with van der Waals surface area (Å²) in [5, 5.41) is 0. The summed E-state index contributed by atoms with van der Waals surface area (Å²) in [6, 6.07) is 8.40. The van der Waals surface area contributed by atoms with Crippen molar-refractivity contribution in [2.75, 3.05) is 20.1 Å². The molecule has 0 N–H and O–H groups in total. The number of hydrogen-bond donors (Lipinski definition) is 0. The van der Waals surface area contributed by atoms with Crippen LogP contribution in [0.4, 0.5) is 0 Å². The highest BCUT2D eigenvalue weighted by Crippen LogP contribution is 2.28. The van der Waals surface area contributed by atoms with E-state index in [1.165, 1.54) is 5.56 Å². The van der Waals surface area contributed by atoms with Crippen molar-refractivity contribution < 1.29 is 4.74 Å². The Morgan fingerprint density at radius 1 is 1.31 bits per heavy atom. The van der Waals surface area contributed by atoms with E-state index in [0.29, 0.717) is 12.0 Å². The Bertz CT molecular complexity index is 348. The molecule has 2 rings (SSSR count). The van der Waals surface area contributed by atoms with Gasteiger partial charge in [-0.25, -0.2) is 0 Å². The average molecular weight is 219 g/mol. The van der Waals surface area contributed by atoms with E-state index in [4.69, 9.17) is 4.74 Å². The van der Waals surface area contributed by atoms with E-state index >= 15 is 0 Å². The Hall–Kier alpha value is -1.02. The zero-order valence-corrected chi connectivity index (χ0v) is 10.4. The van der Waals surface area contributed by atoms with Gasteiger partial charge in [-0.2, -0.15) is 0 Å². The first-order valence-corrected chi connectivity index (χ1v) is 6.11. The number of likely N-dealkylation sites (tertiary alicyclic amines) is 1. The third-order valence-corrected chi connectivity index (χ3v) is 3.18. The van der Waals surface area contributed by atoms with Gasteiger partial charge in [-0.15, -0.1) is 0 Å². The Morgan fingerprint density at radius 2 is 2.06 bits per heavy atom. The second-order valence-electron chi connectivity index (χ2n) is 4.98. The molecule has 0 amide bonds. The van der Waals surface area contributed by atoms with Crippen molar-refractivity contribution in [3.8, 4) is 5.75 Å². The monoisotopic (exact) mass is 219 g/mol. The highest BCUT2D eigenvalue weighted by Gasteiger charge is 2.21. The van der Waals surface area contributed by atoms with Gasteiger partial charge in [0.25, 0.3) is 0 Å². The quantitative estimate of drug-likeness (QED) is 0.775. The average Bonchev–Trinajstić information content (AvgIpc) is 2.64. The first kappa shape index (κ1) is 11.5. The molecule has 16 heavy (non-hydrogen) atoms.